The van der Waals surface area contributed by atoms with Gasteiger partial charge in [-0.05, 0) is 78.6 Å². The fraction of sp³-hybridized carbons (Fsp3) is 0.703. The molecule has 4 fully saturated rings. The minimum atomic E-state index is -0.738. The highest BCUT2D eigenvalue weighted by Gasteiger charge is 2.65. The Morgan fingerprint density at radius 1 is 0.783 bits per heavy atom. The van der Waals surface area contributed by atoms with Crippen molar-refractivity contribution < 1.29 is 42.9 Å². The number of hydrogen-bond donors (Lipinski definition) is 0. The summed E-state index contributed by atoms with van der Waals surface area (Å²) in [5, 5.41) is 0. The molecule has 0 aliphatic heterocycles. The van der Waals surface area contributed by atoms with Gasteiger partial charge in [-0.15, -0.1) is 0 Å². The van der Waals surface area contributed by atoms with Gasteiger partial charge in [-0.3, -0.25) is 24.0 Å². The van der Waals surface area contributed by atoms with Gasteiger partial charge in [-0.25, -0.2) is 0 Å². The Kier molecular flexibility index (Phi) is 9.72. The Balaban J connectivity index is 1.43. The molecule has 46 heavy (non-hydrogen) atoms. The van der Waals surface area contributed by atoms with Crippen LogP contribution in [0.25, 0.3) is 0 Å². The highest BCUT2D eigenvalue weighted by molar-refractivity contribution is 5.83. The van der Waals surface area contributed by atoms with Crippen molar-refractivity contribution in [2.45, 2.75) is 118 Å². The predicted octanol–water partition coefficient (Wildman–Crippen LogP) is 6.17. The first-order valence-corrected chi connectivity index (χ1v) is 16.9. The quantitative estimate of drug-likeness (QED) is 0.243. The second-order valence-corrected chi connectivity index (χ2v) is 14.9. The van der Waals surface area contributed by atoms with Gasteiger partial charge in [0.05, 0.1) is 0 Å². The number of esters is 4. The van der Waals surface area contributed by atoms with Crippen LogP contribution in [0.4, 0.5) is 0 Å². The van der Waals surface area contributed by atoms with Gasteiger partial charge in [0.2, 0.25) is 0 Å². The van der Waals surface area contributed by atoms with Crippen LogP contribution >= 0.6 is 0 Å². The summed E-state index contributed by atoms with van der Waals surface area (Å²) in [6, 6.07) is 9.45. The van der Waals surface area contributed by atoms with Crippen LogP contribution in [0, 0.1) is 46.3 Å². The minimum absolute atomic E-state index is 0.107. The lowest BCUT2D eigenvalue weighted by atomic mass is 9.43. The standard InChI is InChI=1S/C37H50O9/c1-20(34(45-23(4)40)35(46-24(5)41)25-11-9-8-10-12-25)27-13-14-28-26-17-31(42)30-18-32(43-21(2)38)33(44-22(3)39)19-37(30,7)29(26)15-16-36(27,28)6/h8-12,20,26-30,32-35H,13-19H2,1-7H3/t20-,26-,27+,28-,29-,30+,32-,33+,34?,35?,36+,37+/m0/s1. The topological polar surface area (TPSA) is 122 Å². The second kappa shape index (κ2) is 13.1. The molecule has 9 nitrogen and oxygen atoms in total. The number of ether oxygens (including phenoxy) is 4. The normalized spacial score (nSPS) is 36.9. The van der Waals surface area contributed by atoms with Crippen LogP contribution in [0.2, 0.25) is 0 Å². The monoisotopic (exact) mass is 638 g/mol. The van der Waals surface area contributed by atoms with Crippen LogP contribution in [0.15, 0.2) is 30.3 Å². The van der Waals surface area contributed by atoms with Crippen LogP contribution in [0.1, 0.15) is 105 Å². The lowest BCUT2D eigenvalue weighted by Crippen LogP contribution is -2.60. The van der Waals surface area contributed by atoms with Gasteiger partial charge < -0.3 is 18.9 Å². The molecule has 0 bridgehead atoms. The van der Waals surface area contributed by atoms with Crippen molar-refractivity contribution in [1.82, 2.24) is 0 Å². The van der Waals surface area contributed by atoms with Crippen LogP contribution < -0.4 is 0 Å². The summed E-state index contributed by atoms with van der Waals surface area (Å²) in [5.41, 5.74) is 0.294. The van der Waals surface area contributed by atoms with Gasteiger partial charge in [0.15, 0.2) is 6.10 Å². The summed E-state index contributed by atoms with van der Waals surface area (Å²) >= 11 is 0. The number of fused-ring (bicyclic) bond motifs is 5. The third kappa shape index (κ3) is 6.35. The molecule has 1 aromatic rings. The van der Waals surface area contributed by atoms with E-state index in [-0.39, 0.29) is 46.2 Å². The van der Waals surface area contributed by atoms with Gasteiger partial charge in [-0.1, -0.05) is 51.1 Å². The Morgan fingerprint density at radius 2 is 1.39 bits per heavy atom. The van der Waals surface area contributed by atoms with E-state index < -0.39 is 48.3 Å². The van der Waals surface area contributed by atoms with Gasteiger partial charge in [0.1, 0.15) is 24.1 Å². The second-order valence-electron chi connectivity index (χ2n) is 14.9. The molecule has 0 N–H and O–H groups in total. The van der Waals surface area contributed by atoms with E-state index in [2.05, 4.69) is 20.8 Å². The first kappa shape index (κ1) is 34.1. The van der Waals surface area contributed by atoms with Gasteiger partial charge >= 0.3 is 23.9 Å². The molecule has 0 saturated heterocycles. The first-order chi connectivity index (χ1) is 21.7. The molecule has 0 aromatic heterocycles. The van der Waals surface area contributed by atoms with Crippen molar-refractivity contribution in [2.75, 3.05) is 0 Å². The van der Waals surface area contributed by atoms with Crippen molar-refractivity contribution >= 4 is 29.7 Å². The van der Waals surface area contributed by atoms with E-state index in [1.54, 1.807) is 0 Å². The molecular formula is C37H50O9. The van der Waals surface area contributed by atoms with Crippen LogP contribution in [-0.2, 0) is 42.9 Å². The van der Waals surface area contributed by atoms with E-state index in [0.29, 0.717) is 25.2 Å². The summed E-state index contributed by atoms with van der Waals surface area (Å²) in [5.74, 6) is -0.966. The SMILES string of the molecule is CC(=O)OC(c1ccccc1)C(OC(C)=O)[C@@H](C)[C@H]1CC[C@H]2[C@@H]3CC(=O)[C@H]4C[C@H](OC(C)=O)[C@H](OC(C)=O)C[C@]4(C)[C@H]3CC[C@]12C. The molecule has 0 radical (unpaired) electrons. The number of carbonyl (C=O) groups excluding carboxylic acids is 5. The van der Waals surface area contributed by atoms with Crippen LogP contribution in [0.3, 0.4) is 0 Å². The van der Waals surface area contributed by atoms with E-state index in [1.807, 2.05) is 30.3 Å². The van der Waals surface area contributed by atoms with Crippen molar-refractivity contribution in [3.8, 4) is 0 Å². The number of carbonyl (C=O) groups is 5. The van der Waals surface area contributed by atoms with E-state index in [4.69, 9.17) is 18.9 Å². The summed E-state index contributed by atoms with van der Waals surface area (Å²) in [6.45, 7) is 12.1. The largest absolute Gasteiger partial charge is 0.459 e. The average Bonchev–Trinajstić information content (AvgIpc) is 3.32. The molecule has 0 spiro atoms. The highest BCUT2D eigenvalue weighted by Crippen LogP contribution is 2.68. The maximum Gasteiger partial charge on any atom is 0.303 e. The van der Waals surface area contributed by atoms with Crippen molar-refractivity contribution in [1.29, 1.82) is 0 Å². The Morgan fingerprint density at radius 3 is 2.00 bits per heavy atom. The third-order valence-electron chi connectivity index (χ3n) is 12.3. The molecule has 0 heterocycles. The fourth-order valence-electron chi connectivity index (χ4n) is 10.6. The number of hydrogen-bond acceptors (Lipinski definition) is 9. The Labute approximate surface area is 272 Å². The van der Waals surface area contributed by atoms with Crippen LogP contribution in [0.5, 0.6) is 0 Å². The number of ketones is 1. The number of rotatable bonds is 8. The third-order valence-corrected chi connectivity index (χ3v) is 12.3. The predicted molar refractivity (Wildman–Crippen MR) is 168 cm³/mol. The molecular weight excluding hydrogens is 588 g/mol. The molecule has 9 heteroatoms. The van der Waals surface area contributed by atoms with Gasteiger partial charge in [0, 0.05) is 46.0 Å². The molecule has 2 unspecified atom stereocenters. The molecule has 12 atom stereocenters. The van der Waals surface area contributed by atoms with Crippen molar-refractivity contribution in [3.63, 3.8) is 0 Å². The van der Waals surface area contributed by atoms with Gasteiger partial charge in [-0.2, -0.15) is 0 Å². The highest BCUT2D eigenvalue weighted by atomic mass is 16.6. The van der Waals surface area contributed by atoms with E-state index in [0.717, 1.165) is 31.2 Å². The van der Waals surface area contributed by atoms with Crippen molar-refractivity contribution in [3.05, 3.63) is 35.9 Å². The van der Waals surface area contributed by atoms with Crippen LogP contribution in [-0.4, -0.2) is 48.0 Å². The molecule has 0 amide bonds. The molecule has 252 valence electrons. The molecule has 4 saturated carbocycles. The molecule has 5 rings (SSSR count). The van der Waals surface area contributed by atoms with E-state index >= 15 is 0 Å². The molecule has 4 aliphatic carbocycles. The number of Topliss-reactive ketones (excluding diaryl/α,β-unsaturated/α-hetero) is 1. The average molecular weight is 639 g/mol. The summed E-state index contributed by atoms with van der Waals surface area (Å²) < 4.78 is 23.2. The molecule has 4 aliphatic rings. The summed E-state index contributed by atoms with van der Waals surface area (Å²) in [6.07, 6.45) is 2.49. The van der Waals surface area contributed by atoms with E-state index in [9.17, 15) is 24.0 Å². The lowest BCUT2D eigenvalue weighted by Gasteiger charge is -2.61. The zero-order valence-corrected chi connectivity index (χ0v) is 28.3. The fourth-order valence-corrected chi connectivity index (χ4v) is 10.6. The maximum atomic E-state index is 14.0. The number of benzene rings is 1. The Bertz CT molecular complexity index is 1340. The Hall–Kier alpha value is -3.23. The zero-order chi connectivity index (χ0) is 33.6. The zero-order valence-electron chi connectivity index (χ0n) is 28.3. The maximum absolute atomic E-state index is 14.0. The van der Waals surface area contributed by atoms with Crippen molar-refractivity contribution in [2.24, 2.45) is 46.3 Å². The minimum Gasteiger partial charge on any atom is -0.459 e. The smallest absolute Gasteiger partial charge is 0.303 e. The molecule has 1 aromatic carbocycles. The summed E-state index contributed by atoms with van der Waals surface area (Å²) in [7, 11) is 0. The summed E-state index contributed by atoms with van der Waals surface area (Å²) in [4.78, 5) is 62.7. The van der Waals surface area contributed by atoms with E-state index in [1.165, 1.54) is 27.7 Å². The van der Waals surface area contributed by atoms with Gasteiger partial charge in [0.25, 0.3) is 0 Å². The lowest BCUT2D eigenvalue weighted by molar-refractivity contribution is -0.196. The first-order valence-electron chi connectivity index (χ1n) is 16.9.